The molecule has 144 valence electrons. The molecule has 2 heterocycles. The SMILES string of the molecule is CCOC(=O)c1c(C)[nH]c(C(=O)[C@H](C)Sc2ccc3c(c2)OCCO3)c1C. The first kappa shape index (κ1) is 19.4. The van der Waals surface area contributed by atoms with Crippen LogP contribution in [0.4, 0.5) is 0 Å². The first-order chi connectivity index (χ1) is 12.9. The third-order valence-electron chi connectivity index (χ3n) is 4.36. The van der Waals surface area contributed by atoms with E-state index in [1.54, 1.807) is 20.8 Å². The van der Waals surface area contributed by atoms with Crippen LogP contribution in [-0.4, -0.2) is 41.8 Å². The summed E-state index contributed by atoms with van der Waals surface area (Å²) in [6.45, 7) is 8.51. The van der Waals surface area contributed by atoms with Gasteiger partial charge in [-0.05, 0) is 51.5 Å². The number of fused-ring (bicyclic) bond motifs is 1. The van der Waals surface area contributed by atoms with E-state index < -0.39 is 5.97 Å². The number of aromatic amines is 1. The van der Waals surface area contributed by atoms with Crippen molar-refractivity contribution < 1.29 is 23.8 Å². The maximum absolute atomic E-state index is 12.9. The Labute approximate surface area is 162 Å². The molecule has 0 aliphatic carbocycles. The highest BCUT2D eigenvalue weighted by molar-refractivity contribution is 8.00. The Morgan fingerprint density at radius 2 is 1.93 bits per heavy atom. The number of esters is 1. The van der Waals surface area contributed by atoms with Gasteiger partial charge in [-0.1, -0.05) is 0 Å². The van der Waals surface area contributed by atoms with Crippen LogP contribution in [0.1, 0.15) is 46.0 Å². The van der Waals surface area contributed by atoms with Gasteiger partial charge >= 0.3 is 5.97 Å². The maximum atomic E-state index is 12.9. The second kappa shape index (κ2) is 8.08. The summed E-state index contributed by atoms with van der Waals surface area (Å²) in [5, 5.41) is -0.334. The van der Waals surface area contributed by atoms with Crippen LogP contribution < -0.4 is 9.47 Å². The number of Topliss-reactive ketones (excluding diaryl/α,β-unsaturated/α-hetero) is 1. The summed E-state index contributed by atoms with van der Waals surface area (Å²) < 4.78 is 16.2. The number of thioether (sulfide) groups is 1. The highest BCUT2D eigenvalue weighted by Gasteiger charge is 2.26. The van der Waals surface area contributed by atoms with Crippen LogP contribution >= 0.6 is 11.8 Å². The lowest BCUT2D eigenvalue weighted by Crippen LogP contribution is -2.16. The molecule has 1 N–H and O–H groups in total. The van der Waals surface area contributed by atoms with Crippen LogP contribution in [0.3, 0.4) is 0 Å². The Morgan fingerprint density at radius 1 is 1.22 bits per heavy atom. The van der Waals surface area contributed by atoms with Crippen LogP contribution in [0, 0.1) is 13.8 Å². The summed E-state index contributed by atoms with van der Waals surface area (Å²) in [6, 6.07) is 5.66. The molecule has 0 spiro atoms. The fraction of sp³-hybridized carbons (Fsp3) is 0.400. The molecule has 7 heteroatoms. The van der Waals surface area contributed by atoms with Crippen LogP contribution in [0.25, 0.3) is 0 Å². The molecule has 1 aliphatic rings. The van der Waals surface area contributed by atoms with Gasteiger partial charge in [0.1, 0.15) is 13.2 Å². The largest absolute Gasteiger partial charge is 0.486 e. The van der Waals surface area contributed by atoms with Gasteiger partial charge in [-0.3, -0.25) is 4.79 Å². The van der Waals surface area contributed by atoms with Gasteiger partial charge in [-0.25, -0.2) is 4.79 Å². The van der Waals surface area contributed by atoms with Crippen molar-refractivity contribution in [2.75, 3.05) is 19.8 Å². The molecule has 1 aromatic carbocycles. The number of nitrogens with one attached hydrogen (secondary N) is 1. The van der Waals surface area contributed by atoms with Gasteiger partial charge in [0, 0.05) is 10.6 Å². The molecule has 0 radical (unpaired) electrons. The van der Waals surface area contributed by atoms with Crippen molar-refractivity contribution in [3.63, 3.8) is 0 Å². The number of ether oxygens (including phenoxy) is 3. The van der Waals surface area contributed by atoms with Gasteiger partial charge in [-0.2, -0.15) is 0 Å². The van der Waals surface area contributed by atoms with Gasteiger partial charge in [0.25, 0.3) is 0 Å². The van der Waals surface area contributed by atoms with E-state index in [9.17, 15) is 9.59 Å². The molecule has 0 amide bonds. The summed E-state index contributed by atoms with van der Waals surface area (Å²) >= 11 is 1.44. The lowest BCUT2D eigenvalue weighted by molar-refractivity contribution is 0.0525. The molecule has 1 aliphatic heterocycles. The number of H-pyrrole nitrogens is 1. The number of benzene rings is 1. The van der Waals surface area contributed by atoms with E-state index in [1.807, 2.05) is 25.1 Å². The zero-order chi connectivity index (χ0) is 19.6. The molecule has 0 saturated heterocycles. The summed E-state index contributed by atoms with van der Waals surface area (Å²) in [6.07, 6.45) is 0. The lowest BCUT2D eigenvalue weighted by Gasteiger charge is -2.19. The average molecular weight is 389 g/mol. The third-order valence-corrected chi connectivity index (χ3v) is 5.45. The zero-order valence-corrected chi connectivity index (χ0v) is 16.7. The Hall–Kier alpha value is -2.41. The van der Waals surface area contributed by atoms with E-state index in [-0.39, 0.29) is 11.0 Å². The van der Waals surface area contributed by atoms with Crippen molar-refractivity contribution >= 4 is 23.5 Å². The topological polar surface area (TPSA) is 77.6 Å². The second-order valence-electron chi connectivity index (χ2n) is 6.28. The zero-order valence-electron chi connectivity index (χ0n) is 15.9. The van der Waals surface area contributed by atoms with Gasteiger partial charge in [0.15, 0.2) is 17.3 Å². The third kappa shape index (κ3) is 3.98. The van der Waals surface area contributed by atoms with Gasteiger partial charge < -0.3 is 19.2 Å². The van der Waals surface area contributed by atoms with E-state index >= 15 is 0 Å². The van der Waals surface area contributed by atoms with Crippen molar-refractivity contribution in [3.8, 4) is 11.5 Å². The minimum atomic E-state index is -0.407. The maximum Gasteiger partial charge on any atom is 0.340 e. The van der Waals surface area contributed by atoms with Crippen molar-refractivity contribution in [2.45, 2.75) is 37.8 Å². The van der Waals surface area contributed by atoms with Crippen LogP contribution in [0.2, 0.25) is 0 Å². The lowest BCUT2D eigenvalue weighted by atomic mass is 10.1. The molecule has 6 nitrogen and oxygen atoms in total. The molecule has 0 fully saturated rings. The first-order valence-electron chi connectivity index (χ1n) is 8.89. The fourth-order valence-corrected chi connectivity index (χ4v) is 4.02. The summed E-state index contributed by atoms with van der Waals surface area (Å²) in [5.74, 6) is 0.947. The van der Waals surface area contributed by atoms with Gasteiger partial charge in [0.05, 0.1) is 23.1 Å². The smallest absolute Gasteiger partial charge is 0.340 e. The fourth-order valence-electron chi connectivity index (χ4n) is 3.06. The molecule has 27 heavy (non-hydrogen) atoms. The number of rotatable bonds is 6. The quantitative estimate of drug-likeness (QED) is 0.458. The van der Waals surface area contributed by atoms with Gasteiger partial charge in [-0.15, -0.1) is 11.8 Å². The summed E-state index contributed by atoms with van der Waals surface area (Å²) in [7, 11) is 0. The number of hydrogen-bond acceptors (Lipinski definition) is 6. The molecule has 2 aromatic rings. The number of ketones is 1. The number of carbonyl (C=O) groups is 2. The Bertz CT molecular complexity index is 873. The molecule has 0 unspecified atom stereocenters. The van der Waals surface area contributed by atoms with E-state index in [0.717, 1.165) is 10.6 Å². The van der Waals surface area contributed by atoms with Crippen LogP contribution in [0.15, 0.2) is 23.1 Å². The minimum absolute atomic E-state index is 0.0639. The van der Waals surface area contributed by atoms with E-state index in [0.29, 0.717) is 48.1 Å². The van der Waals surface area contributed by atoms with E-state index in [4.69, 9.17) is 14.2 Å². The Morgan fingerprint density at radius 3 is 2.63 bits per heavy atom. The molecular formula is C20H23NO5S. The highest BCUT2D eigenvalue weighted by atomic mass is 32.2. The number of carbonyl (C=O) groups excluding carboxylic acids is 2. The van der Waals surface area contributed by atoms with Crippen LogP contribution in [0.5, 0.6) is 11.5 Å². The number of hydrogen-bond donors (Lipinski definition) is 1. The molecule has 3 rings (SSSR count). The van der Waals surface area contributed by atoms with Crippen molar-refractivity contribution in [3.05, 3.63) is 40.7 Å². The molecule has 0 saturated carbocycles. The highest BCUT2D eigenvalue weighted by Crippen LogP contribution is 2.36. The van der Waals surface area contributed by atoms with Crippen LogP contribution in [-0.2, 0) is 4.74 Å². The summed E-state index contributed by atoms with van der Waals surface area (Å²) in [4.78, 5) is 29.1. The number of aryl methyl sites for hydroxylation is 1. The van der Waals surface area contributed by atoms with Crippen molar-refractivity contribution in [2.24, 2.45) is 0 Å². The Balaban J connectivity index is 1.78. The predicted molar refractivity (Wildman–Crippen MR) is 103 cm³/mol. The summed E-state index contributed by atoms with van der Waals surface area (Å²) in [5.41, 5.74) is 2.17. The van der Waals surface area contributed by atoms with Gasteiger partial charge in [0.2, 0.25) is 0 Å². The predicted octanol–water partition coefficient (Wildman–Crippen LogP) is 3.94. The molecule has 1 atom stereocenters. The van der Waals surface area contributed by atoms with E-state index in [1.165, 1.54) is 11.8 Å². The average Bonchev–Trinajstić information content (AvgIpc) is 2.95. The minimum Gasteiger partial charge on any atom is -0.486 e. The molecular weight excluding hydrogens is 366 g/mol. The van der Waals surface area contributed by atoms with Crippen molar-refractivity contribution in [1.29, 1.82) is 0 Å². The number of aromatic nitrogens is 1. The Kier molecular flexibility index (Phi) is 5.79. The monoisotopic (exact) mass is 389 g/mol. The first-order valence-corrected chi connectivity index (χ1v) is 9.77. The van der Waals surface area contributed by atoms with E-state index in [2.05, 4.69) is 4.98 Å². The molecule has 1 aromatic heterocycles. The second-order valence-corrected chi connectivity index (χ2v) is 7.69. The van der Waals surface area contributed by atoms with Crippen molar-refractivity contribution in [1.82, 2.24) is 4.98 Å². The molecule has 0 bridgehead atoms. The normalized spacial score (nSPS) is 13.9. The standard InChI is InChI=1S/C20H23NO5S/c1-5-24-20(23)17-11(2)18(21-12(17)3)19(22)13(4)27-14-6-7-15-16(10-14)26-9-8-25-15/h6-7,10,13,21H,5,8-9H2,1-4H3/t13-/m0/s1.